The number of nitrogens with one attached hydrogen (secondary N) is 1. The van der Waals surface area contributed by atoms with Crippen LogP contribution in [-0.4, -0.2) is 22.5 Å². The molecule has 0 saturated heterocycles. The van der Waals surface area contributed by atoms with Crippen molar-refractivity contribution in [1.82, 2.24) is 5.32 Å². The molecule has 0 radical (unpaired) electrons. The van der Waals surface area contributed by atoms with Gasteiger partial charge >= 0.3 is 5.97 Å². The number of carboxylic acid groups (broad SMARTS) is 1. The van der Waals surface area contributed by atoms with Crippen molar-refractivity contribution in [2.24, 2.45) is 0 Å². The maximum Gasteiger partial charge on any atom is 0.305 e. The number of benzene rings is 1. The minimum atomic E-state index is -0.874. The molecule has 0 heterocycles. The number of aliphatic carboxylic acids is 1. The Labute approximate surface area is 124 Å². The van der Waals surface area contributed by atoms with Gasteiger partial charge in [-0.3, -0.25) is 9.59 Å². The summed E-state index contributed by atoms with van der Waals surface area (Å²) >= 11 is 0. The van der Waals surface area contributed by atoms with E-state index < -0.39 is 11.5 Å². The first-order valence-corrected chi connectivity index (χ1v) is 7.33. The molecule has 114 valence electrons. The number of rotatable bonds is 4. The molecule has 5 heteroatoms. The number of nitrogen functional groups attached to an aromatic ring is 1. The standard InChI is InChI=1S/C16H22N2O3/c1-11-12(6-5-7-13(11)17)15(21)18-16(10-14(19)20)8-3-2-4-9-16/h5-7H,2-4,8-10,17H2,1H3,(H,18,21)(H,19,20). The number of carboxylic acids is 1. The number of carbonyl (C=O) groups excluding carboxylic acids is 1. The van der Waals surface area contributed by atoms with Gasteiger partial charge in [-0.15, -0.1) is 0 Å². The highest BCUT2D eigenvalue weighted by Gasteiger charge is 2.36. The van der Waals surface area contributed by atoms with Gasteiger partial charge in [-0.2, -0.15) is 0 Å². The van der Waals surface area contributed by atoms with Crippen LogP contribution in [0, 0.1) is 6.92 Å². The number of amides is 1. The molecule has 0 bridgehead atoms. The van der Waals surface area contributed by atoms with Crippen molar-refractivity contribution in [3.8, 4) is 0 Å². The van der Waals surface area contributed by atoms with Gasteiger partial charge in [0.2, 0.25) is 0 Å². The van der Waals surface area contributed by atoms with Crippen molar-refractivity contribution in [3.05, 3.63) is 29.3 Å². The quantitative estimate of drug-likeness (QED) is 0.743. The Morgan fingerprint density at radius 2 is 1.95 bits per heavy atom. The predicted molar refractivity (Wildman–Crippen MR) is 81.1 cm³/mol. The third-order valence-corrected chi connectivity index (χ3v) is 4.30. The molecule has 0 aliphatic heterocycles. The van der Waals surface area contributed by atoms with Crippen LogP contribution in [0.25, 0.3) is 0 Å². The van der Waals surface area contributed by atoms with Crippen molar-refractivity contribution in [2.75, 3.05) is 5.73 Å². The van der Waals surface area contributed by atoms with Gasteiger partial charge < -0.3 is 16.2 Å². The van der Waals surface area contributed by atoms with E-state index >= 15 is 0 Å². The molecule has 0 aromatic heterocycles. The van der Waals surface area contributed by atoms with Crippen molar-refractivity contribution in [1.29, 1.82) is 0 Å². The summed E-state index contributed by atoms with van der Waals surface area (Å²) in [6, 6.07) is 5.21. The first-order chi connectivity index (χ1) is 9.93. The maximum absolute atomic E-state index is 12.5. The van der Waals surface area contributed by atoms with Gasteiger partial charge in [0, 0.05) is 11.3 Å². The third-order valence-electron chi connectivity index (χ3n) is 4.30. The smallest absolute Gasteiger partial charge is 0.305 e. The number of anilines is 1. The van der Waals surface area contributed by atoms with E-state index in [-0.39, 0.29) is 12.3 Å². The molecule has 0 unspecified atom stereocenters. The second-order valence-electron chi connectivity index (χ2n) is 5.89. The average molecular weight is 290 g/mol. The van der Waals surface area contributed by atoms with E-state index in [2.05, 4.69) is 5.32 Å². The lowest BCUT2D eigenvalue weighted by Gasteiger charge is -2.37. The molecule has 1 amide bonds. The monoisotopic (exact) mass is 290 g/mol. The predicted octanol–water partition coefficient (Wildman–Crippen LogP) is 2.48. The van der Waals surface area contributed by atoms with Gasteiger partial charge in [-0.1, -0.05) is 25.3 Å². The third kappa shape index (κ3) is 3.54. The first kappa shape index (κ1) is 15.4. The normalized spacial score (nSPS) is 17.2. The first-order valence-electron chi connectivity index (χ1n) is 7.33. The fourth-order valence-corrected chi connectivity index (χ4v) is 3.07. The zero-order valence-corrected chi connectivity index (χ0v) is 12.3. The number of hydrogen-bond donors (Lipinski definition) is 3. The molecule has 1 aromatic rings. The van der Waals surface area contributed by atoms with Gasteiger partial charge in [0.1, 0.15) is 0 Å². The van der Waals surface area contributed by atoms with Crippen LogP contribution < -0.4 is 11.1 Å². The minimum Gasteiger partial charge on any atom is -0.481 e. The Kier molecular flexibility index (Phi) is 4.50. The van der Waals surface area contributed by atoms with E-state index in [1.54, 1.807) is 25.1 Å². The van der Waals surface area contributed by atoms with Crippen LogP contribution in [0.1, 0.15) is 54.4 Å². The van der Waals surface area contributed by atoms with E-state index in [0.717, 1.165) is 24.8 Å². The summed E-state index contributed by atoms with van der Waals surface area (Å²) in [6.45, 7) is 1.80. The number of hydrogen-bond acceptors (Lipinski definition) is 3. The Balaban J connectivity index is 2.21. The minimum absolute atomic E-state index is 0.0277. The molecule has 5 nitrogen and oxygen atoms in total. The Hall–Kier alpha value is -2.04. The largest absolute Gasteiger partial charge is 0.481 e. The summed E-state index contributed by atoms with van der Waals surface area (Å²) in [4.78, 5) is 23.7. The van der Waals surface area contributed by atoms with Crippen molar-refractivity contribution < 1.29 is 14.7 Å². The molecule has 1 saturated carbocycles. The number of nitrogens with two attached hydrogens (primary N) is 1. The van der Waals surface area contributed by atoms with Gasteiger partial charge in [0.25, 0.3) is 5.91 Å². The average Bonchev–Trinajstić information content (AvgIpc) is 2.41. The fourth-order valence-electron chi connectivity index (χ4n) is 3.07. The second kappa shape index (κ2) is 6.16. The highest BCUT2D eigenvalue weighted by Crippen LogP contribution is 2.31. The van der Waals surface area contributed by atoms with Crippen molar-refractivity contribution in [3.63, 3.8) is 0 Å². The van der Waals surface area contributed by atoms with E-state index in [4.69, 9.17) is 10.8 Å². The Bertz CT molecular complexity index is 548. The van der Waals surface area contributed by atoms with Crippen LogP contribution >= 0.6 is 0 Å². The summed E-state index contributed by atoms with van der Waals surface area (Å²) in [6.07, 6.45) is 4.39. The molecule has 2 rings (SSSR count). The molecule has 4 N–H and O–H groups in total. The molecular formula is C16H22N2O3. The summed E-state index contributed by atoms with van der Waals surface area (Å²) in [5.74, 6) is -1.11. The van der Waals surface area contributed by atoms with E-state index in [1.165, 1.54) is 0 Å². The van der Waals surface area contributed by atoms with Gasteiger partial charge in [0.05, 0.1) is 12.0 Å². The zero-order valence-electron chi connectivity index (χ0n) is 12.3. The highest BCUT2D eigenvalue weighted by molar-refractivity contribution is 5.97. The van der Waals surface area contributed by atoms with Gasteiger partial charge in [-0.25, -0.2) is 0 Å². The molecule has 0 atom stereocenters. The zero-order chi connectivity index (χ0) is 15.5. The summed E-state index contributed by atoms with van der Waals surface area (Å²) in [7, 11) is 0. The van der Waals surface area contributed by atoms with Crippen LogP contribution in [0.5, 0.6) is 0 Å². The Morgan fingerprint density at radius 3 is 2.57 bits per heavy atom. The van der Waals surface area contributed by atoms with Crippen LogP contribution in [0.15, 0.2) is 18.2 Å². The van der Waals surface area contributed by atoms with E-state index in [9.17, 15) is 9.59 Å². The molecule has 1 aliphatic carbocycles. The van der Waals surface area contributed by atoms with E-state index in [0.29, 0.717) is 24.1 Å². The fraction of sp³-hybridized carbons (Fsp3) is 0.500. The molecular weight excluding hydrogens is 268 g/mol. The lowest BCUT2D eigenvalue weighted by atomic mass is 9.79. The maximum atomic E-state index is 12.5. The lowest BCUT2D eigenvalue weighted by molar-refractivity contribution is -0.139. The topological polar surface area (TPSA) is 92.4 Å². The second-order valence-corrected chi connectivity index (χ2v) is 5.89. The molecule has 21 heavy (non-hydrogen) atoms. The molecule has 0 spiro atoms. The highest BCUT2D eigenvalue weighted by atomic mass is 16.4. The van der Waals surface area contributed by atoms with Crippen LogP contribution in [-0.2, 0) is 4.79 Å². The summed E-state index contributed by atoms with van der Waals surface area (Å²) < 4.78 is 0. The van der Waals surface area contributed by atoms with Gasteiger partial charge in [0.15, 0.2) is 0 Å². The Morgan fingerprint density at radius 1 is 1.29 bits per heavy atom. The summed E-state index contributed by atoms with van der Waals surface area (Å²) in [5.41, 5.74) is 7.02. The lowest BCUT2D eigenvalue weighted by Crippen LogP contribution is -2.51. The molecule has 1 fully saturated rings. The molecule has 1 aliphatic rings. The van der Waals surface area contributed by atoms with Crippen LogP contribution in [0.3, 0.4) is 0 Å². The van der Waals surface area contributed by atoms with E-state index in [1.807, 2.05) is 0 Å². The summed E-state index contributed by atoms with van der Waals surface area (Å²) in [5, 5.41) is 12.1. The van der Waals surface area contributed by atoms with Crippen molar-refractivity contribution in [2.45, 2.75) is 51.0 Å². The van der Waals surface area contributed by atoms with Gasteiger partial charge in [-0.05, 0) is 37.5 Å². The molecule has 1 aromatic carbocycles. The van der Waals surface area contributed by atoms with Crippen LogP contribution in [0.4, 0.5) is 5.69 Å². The van der Waals surface area contributed by atoms with Crippen molar-refractivity contribution >= 4 is 17.6 Å². The number of carbonyl (C=O) groups is 2. The van der Waals surface area contributed by atoms with Crippen LogP contribution in [0.2, 0.25) is 0 Å². The SMILES string of the molecule is Cc1c(N)cccc1C(=O)NC1(CC(=O)O)CCCCC1.